The fourth-order valence-electron chi connectivity index (χ4n) is 3.72. The van der Waals surface area contributed by atoms with E-state index in [1.54, 1.807) is 6.07 Å². The van der Waals surface area contributed by atoms with E-state index in [1.165, 1.54) is 17.7 Å². The Labute approximate surface area is 149 Å². The van der Waals surface area contributed by atoms with Crippen LogP contribution >= 0.6 is 11.6 Å². The van der Waals surface area contributed by atoms with Crippen LogP contribution in [0.3, 0.4) is 0 Å². The Morgan fingerprint density at radius 3 is 2.76 bits per heavy atom. The number of benzene rings is 2. The number of carbonyl (C=O) groups is 1. The minimum absolute atomic E-state index is 0.0653. The summed E-state index contributed by atoms with van der Waals surface area (Å²) in [5.41, 5.74) is 4.92. The molecule has 0 saturated carbocycles. The smallest absolute Gasteiger partial charge is 0.352 e. The molecule has 2 N–H and O–H groups in total. The van der Waals surface area contributed by atoms with Crippen molar-refractivity contribution in [1.29, 1.82) is 0 Å². The van der Waals surface area contributed by atoms with Crippen molar-refractivity contribution in [3.63, 3.8) is 0 Å². The van der Waals surface area contributed by atoms with Crippen LogP contribution in [0.5, 0.6) is 0 Å². The number of carboxylic acids is 1. The van der Waals surface area contributed by atoms with Crippen LogP contribution in [0.4, 0.5) is 4.39 Å². The van der Waals surface area contributed by atoms with Crippen molar-refractivity contribution in [2.45, 2.75) is 19.3 Å². The van der Waals surface area contributed by atoms with E-state index in [0.29, 0.717) is 17.5 Å². The van der Waals surface area contributed by atoms with Crippen LogP contribution in [-0.2, 0) is 6.42 Å². The number of hydrogen-bond acceptors (Lipinski definition) is 1. The molecule has 0 amide bonds. The third-order valence-electron chi connectivity index (χ3n) is 4.74. The second-order valence-corrected chi connectivity index (χ2v) is 6.82. The number of H-pyrrole nitrogens is 1. The van der Waals surface area contributed by atoms with Crippen LogP contribution in [0, 0.1) is 5.82 Å². The van der Waals surface area contributed by atoms with Crippen molar-refractivity contribution in [1.82, 2.24) is 4.98 Å². The molecule has 1 aliphatic rings. The lowest BCUT2D eigenvalue weighted by atomic mass is 9.80. The van der Waals surface area contributed by atoms with Gasteiger partial charge < -0.3 is 10.1 Å². The average Bonchev–Trinajstić information content (AvgIpc) is 2.94. The molecule has 0 aliphatic heterocycles. The molecule has 2 aromatic carbocycles. The molecular formula is C20H15ClFNO2. The Morgan fingerprint density at radius 2 is 2.04 bits per heavy atom. The monoisotopic (exact) mass is 355 g/mol. The van der Waals surface area contributed by atoms with E-state index in [-0.39, 0.29) is 16.6 Å². The van der Waals surface area contributed by atoms with Gasteiger partial charge in [-0.3, -0.25) is 0 Å². The predicted octanol–water partition coefficient (Wildman–Crippen LogP) is 5.50. The topological polar surface area (TPSA) is 53.1 Å². The molecule has 126 valence electrons. The molecule has 25 heavy (non-hydrogen) atoms. The van der Waals surface area contributed by atoms with Crippen LogP contribution in [0.25, 0.3) is 22.4 Å². The Balaban J connectivity index is 2.04. The van der Waals surface area contributed by atoms with Gasteiger partial charge in [0.05, 0.1) is 5.69 Å². The minimum atomic E-state index is -1.07. The van der Waals surface area contributed by atoms with E-state index in [2.05, 4.69) is 18.0 Å². The maximum absolute atomic E-state index is 13.9. The first-order valence-electron chi connectivity index (χ1n) is 7.99. The van der Waals surface area contributed by atoms with Crippen LogP contribution in [0.2, 0.25) is 5.02 Å². The third kappa shape index (κ3) is 2.53. The zero-order chi connectivity index (χ0) is 17.7. The fourth-order valence-corrected chi connectivity index (χ4v) is 3.94. The standard InChI is InChI=1S/C20H15ClFNO2/c1-10-6-16-17(11-7-12(21)9-13(22)8-11)19(20(24)25)23-18(16)15-5-3-2-4-14(10)15/h2-5,7-10,23H,6H2,1H3,(H,24,25). The van der Waals surface area contributed by atoms with Gasteiger partial charge in [0.1, 0.15) is 11.5 Å². The summed E-state index contributed by atoms with van der Waals surface area (Å²) < 4.78 is 13.9. The van der Waals surface area contributed by atoms with E-state index >= 15 is 0 Å². The second kappa shape index (κ2) is 5.74. The van der Waals surface area contributed by atoms with Gasteiger partial charge in [-0.25, -0.2) is 9.18 Å². The Morgan fingerprint density at radius 1 is 1.28 bits per heavy atom. The molecule has 1 unspecified atom stereocenters. The highest BCUT2D eigenvalue weighted by Crippen LogP contribution is 2.45. The normalized spacial score (nSPS) is 15.6. The quantitative estimate of drug-likeness (QED) is 0.637. The van der Waals surface area contributed by atoms with E-state index in [0.717, 1.165) is 16.8 Å². The number of aromatic carboxylic acids is 1. The van der Waals surface area contributed by atoms with E-state index < -0.39 is 11.8 Å². The molecule has 5 heteroatoms. The first-order chi connectivity index (χ1) is 12.0. The van der Waals surface area contributed by atoms with Crippen LogP contribution in [0.1, 0.15) is 34.5 Å². The summed E-state index contributed by atoms with van der Waals surface area (Å²) in [6, 6.07) is 12.1. The lowest BCUT2D eigenvalue weighted by molar-refractivity contribution is 0.0692. The Bertz CT molecular complexity index is 989. The van der Waals surface area contributed by atoms with Crippen molar-refractivity contribution in [3.8, 4) is 22.4 Å². The summed E-state index contributed by atoms with van der Waals surface area (Å²) in [5.74, 6) is -1.32. The molecule has 1 aromatic heterocycles. The van der Waals surface area contributed by atoms with Gasteiger partial charge >= 0.3 is 5.97 Å². The molecule has 0 fully saturated rings. The van der Waals surface area contributed by atoms with E-state index in [4.69, 9.17) is 11.6 Å². The van der Waals surface area contributed by atoms with Gasteiger partial charge in [0.2, 0.25) is 0 Å². The van der Waals surface area contributed by atoms with Gasteiger partial charge in [0.25, 0.3) is 0 Å². The predicted molar refractivity (Wildman–Crippen MR) is 95.7 cm³/mol. The van der Waals surface area contributed by atoms with Crippen molar-refractivity contribution < 1.29 is 14.3 Å². The molecule has 3 aromatic rings. The number of aromatic nitrogens is 1. The first kappa shape index (κ1) is 15.9. The lowest BCUT2D eigenvalue weighted by Gasteiger charge is -2.23. The van der Waals surface area contributed by atoms with Gasteiger partial charge in [-0.1, -0.05) is 42.8 Å². The number of hydrogen-bond donors (Lipinski definition) is 2. The van der Waals surface area contributed by atoms with Gasteiger partial charge in [0.15, 0.2) is 0 Å². The summed E-state index contributed by atoms with van der Waals surface area (Å²) >= 11 is 5.99. The molecule has 0 saturated heterocycles. The number of rotatable bonds is 2. The number of halogens is 2. The highest BCUT2D eigenvalue weighted by Gasteiger charge is 2.30. The Hall–Kier alpha value is -2.59. The minimum Gasteiger partial charge on any atom is -0.477 e. The van der Waals surface area contributed by atoms with Crippen molar-refractivity contribution in [2.24, 2.45) is 0 Å². The molecule has 0 radical (unpaired) electrons. The number of nitrogens with one attached hydrogen (secondary N) is 1. The highest BCUT2D eigenvalue weighted by molar-refractivity contribution is 6.31. The van der Waals surface area contributed by atoms with Crippen LogP contribution in [-0.4, -0.2) is 16.1 Å². The van der Waals surface area contributed by atoms with E-state index in [1.807, 2.05) is 18.2 Å². The largest absolute Gasteiger partial charge is 0.477 e. The molecule has 0 bridgehead atoms. The van der Waals surface area contributed by atoms with Crippen molar-refractivity contribution in [3.05, 3.63) is 70.1 Å². The van der Waals surface area contributed by atoms with Gasteiger partial charge in [-0.2, -0.15) is 0 Å². The summed E-state index contributed by atoms with van der Waals surface area (Å²) in [7, 11) is 0. The molecule has 4 rings (SSSR count). The lowest BCUT2D eigenvalue weighted by Crippen LogP contribution is -2.08. The molecule has 1 atom stereocenters. The second-order valence-electron chi connectivity index (χ2n) is 6.38. The molecule has 1 aliphatic carbocycles. The SMILES string of the molecule is CC1Cc2c([nH]c(C(=O)O)c2-c2cc(F)cc(Cl)c2)-c2ccccc21. The summed E-state index contributed by atoms with van der Waals surface area (Å²) in [4.78, 5) is 14.9. The summed E-state index contributed by atoms with van der Waals surface area (Å²) in [6.45, 7) is 2.11. The van der Waals surface area contributed by atoms with Gasteiger partial charge in [-0.05, 0) is 47.2 Å². The highest BCUT2D eigenvalue weighted by atomic mass is 35.5. The number of aromatic amines is 1. The maximum Gasteiger partial charge on any atom is 0.352 e. The van der Waals surface area contributed by atoms with Crippen LogP contribution < -0.4 is 0 Å². The average molecular weight is 356 g/mol. The number of carboxylic acid groups (broad SMARTS) is 1. The zero-order valence-corrected chi connectivity index (χ0v) is 14.2. The molecular weight excluding hydrogens is 341 g/mol. The van der Waals surface area contributed by atoms with Crippen molar-refractivity contribution >= 4 is 17.6 Å². The van der Waals surface area contributed by atoms with Crippen molar-refractivity contribution in [2.75, 3.05) is 0 Å². The first-order valence-corrected chi connectivity index (χ1v) is 8.37. The summed E-state index contributed by atoms with van der Waals surface area (Å²) in [6.07, 6.45) is 0.680. The maximum atomic E-state index is 13.9. The Kier molecular flexibility index (Phi) is 3.65. The third-order valence-corrected chi connectivity index (χ3v) is 4.96. The summed E-state index contributed by atoms with van der Waals surface area (Å²) in [5, 5.41) is 9.91. The zero-order valence-electron chi connectivity index (χ0n) is 13.4. The fraction of sp³-hybridized carbons (Fsp3) is 0.150. The molecule has 1 heterocycles. The molecule has 3 nitrogen and oxygen atoms in total. The van der Waals surface area contributed by atoms with Gasteiger partial charge in [0, 0.05) is 16.1 Å². The number of fused-ring (bicyclic) bond motifs is 3. The molecule has 0 spiro atoms. The van der Waals surface area contributed by atoms with Gasteiger partial charge in [-0.15, -0.1) is 0 Å². The van der Waals surface area contributed by atoms with E-state index in [9.17, 15) is 14.3 Å². The van der Waals surface area contributed by atoms with Crippen LogP contribution in [0.15, 0.2) is 42.5 Å².